The fraction of sp³-hybridized carbons (Fsp3) is 0.267. The second-order valence-corrected chi connectivity index (χ2v) is 4.92. The number of pyridine rings is 2. The van der Waals surface area contributed by atoms with E-state index in [0.717, 1.165) is 19.4 Å². The molecular weight excluding hydrogens is 354 g/mol. The van der Waals surface area contributed by atoms with Crippen LogP contribution in [0.5, 0.6) is 0 Å². The number of halogens is 2. The van der Waals surface area contributed by atoms with Crippen molar-refractivity contribution in [1.82, 2.24) is 4.98 Å². The Morgan fingerprint density at radius 3 is 2.62 bits per heavy atom. The average Bonchev–Trinajstić information content (AvgIpc) is 2.47. The van der Waals surface area contributed by atoms with Gasteiger partial charge in [-0.05, 0) is 18.6 Å². The van der Waals surface area contributed by atoms with E-state index in [4.69, 9.17) is 11.6 Å². The number of nitrogens with zero attached hydrogens (tertiary/aromatic N) is 2. The number of hydrogen-bond acceptors (Lipinski definition) is 2. The Labute approximate surface area is 139 Å². The van der Waals surface area contributed by atoms with Crippen molar-refractivity contribution in [2.75, 3.05) is 5.32 Å². The van der Waals surface area contributed by atoms with Gasteiger partial charge in [0.05, 0.1) is 5.02 Å². The molecule has 4 nitrogen and oxygen atoms in total. The Balaban J connectivity index is 0.00000220. The van der Waals surface area contributed by atoms with Gasteiger partial charge in [0, 0.05) is 31.2 Å². The second-order valence-electron chi connectivity index (χ2n) is 4.48. The monoisotopic (exact) mass is 369 g/mol. The lowest BCUT2D eigenvalue weighted by Gasteiger charge is -2.03. The number of hydrogen-bond donors (Lipinski definition) is 1. The van der Waals surface area contributed by atoms with Crippen molar-refractivity contribution in [3.8, 4) is 0 Å². The topological polar surface area (TPSA) is 45.9 Å². The van der Waals surface area contributed by atoms with Crippen LogP contribution < -0.4 is 26.9 Å². The number of nitrogens with one attached hydrogen (secondary N) is 1. The molecule has 2 aromatic rings. The lowest BCUT2D eigenvalue weighted by molar-refractivity contribution is -0.697. The number of aromatic nitrogens is 2. The minimum absolute atomic E-state index is 0. The van der Waals surface area contributed by atoms with E-state index in [0.29, 0.717) is 17.3 Å². The number of anilines is 1. The summed E-state index contributed by atoms with van der Waals surface area (Å²) in [5.74, 6) is 0.523. The van der Waals surface area contributed by atoms with Gasteiger partial charge in [-0.3, -0.25) is 4.79 Å². The highest BCUT2D eigenvalue weighted by molar-refractivity contribution is 6.30. The molecule has 0 atom stereocenters. The van der Waals surface area contributed by atoms with Gasteiger partial charge >= 0.3 is 0 Å². The molecular formula is C15H17BrClN3O. The first kappa shape index (κ1) is 17.6. The molecule has 0 aliphatic heterocycles. The molecule has 2 rings (SSSR count). The van der Waals surface area contributed by atoms with Crippen molar-refractivity contribution in [2.24, 2.45) is 0 Å². The lowest BCUT2D eigenvalue weighted by atomic mass is 10.2. The van der Waals surface area contributed by atoms with Gasteiger partial charge in [-0.15, -0.1) is 0 Å². The van der Waals surface area contributed by atoms with E-state index in [1.165, 1.54) is 6.20 Å². The third-order valence-electron chi connectivity index (χ3n) is 2.84. The second kappa shape index (κ2) is 9.47. The van der Waals surface area contributed by atoms with Gasteiger partial charge in [0.2, 0.25) is 5.91 Å². The molecule has 0 aliphatic carbocycles. The summed E-state index contributed by atoms with van der Waals surface area (Å²) in [4.78, 5) is 15.7. The average molecular weight is 371 g/mol. The molecule has 0 bridgehead atoms. The first-order valence-electron chi connectivity index (χ1n) is 6.59. The summed E-state index contributed by atoms with van der Waals surface area (Å²) in [6, 6.07) is 9.39. The zero-order valence-electron chi connectivity index (χ0n) is 11.5. The largest absolute Gasteiger partial charge is 1.00 e. The number of unbranched alkanes of at least 4 members (excludes halogenated alkanes) is 1. The molecule has 0 saturated carbocycles. The van der Waals surface area contributed by atoms with E-state index in [-0.39, 0.29) is 22.9 Å². The Morgan fingerprint density at radius 1 is 1.19 bits per heavy atom. The van der Waals surface area contributed by atoms with Crippen LogP contribution in [0, 0.1) is 0 Å². The highest BCUT2D eigenvalue weighted by atomic mass is 79.9. The summed E-state index contributed by atoms with van der Waals surface area (Å²) in [7, 11) is 0. The predicted octanol–water partition coefficient (Wildman–Crippen LogP) is -0.164. The Kier molecular flexibility index (Phi) is 7.93. The number of amides is 1. The molecule has 0 aliphatic rings. The molecule has 2 heterocycles. The number of carbonyl (C=O) groups excluding carboxylic acids is 1. The van der Waals surface area contributed by atoms with E-state index >= 15 is 0 Å². The maximum atomic E-state index is 11.7. The first-order chi connectivity index (χ1) is 9.74. The number of rotatable bonds is 6. The minimum atomic E-state index is -0.0158. The van der Waals surface area contributed by atoms with Gasteiger partial charge in [-0.1, -0.05) is 17.7 Å². The van der Waals surface area contributed by atoms with Crippen molar-refractivity contribution in [3.63, 3.8) is 0 Å². The Morgan fingerprint density at radius 2 is 1.95 bits per heavy atom. The molecule has 0 fully saturated rings. The van der Waals surface area contributed by atoms with E-state index < -0.39 is 0 Å². The Hall–Kier alpha value is -1.46. The maximum Gasteiger partial charge on any atom is 0.225 e. The van der Waals surface area contributed by atoms with Crippen LogP contribution in [0.15, 0.2) is 48.9 Å². The van der Waals surface area contributed by atoms with Crippen LogP contribution in [0.1, 0.15) is 19.3 Å². The summed E-state index contributed by atoms with van der Waals surface area (Å²) < 4.78 is 2.11. The molecule has 112 valence electrons. The van der Waals surface area contributed by atoms with E-state index in [9.17, 15) is 4.79 Å². The van der Waals surface area contributed by atoms with E-state index in [1.807, 2.05) is 30.6 Å². The smallest absolute Gasteiger partial charge is 0.225 e. The molecule has 6 heteroatoms. The molecule has 0 spiro atoms. The van der Waals surface area contributed by atoms with Crippen LogP contribution in [-0.2, 0) is 11.3 Å². The van der Waals surface area contributed by atoms with Gasteiger partial charge in [0.1, 0.15) is 12.4 Å². The molecule has 21 heavy (non-hydrogen) atoms. The zero-order valence-corrected chi connectivity index (χ0v) is 13.8. The summed E-state index contributed by atoms with van der Waals surface area (Å²) >= 11 is 5.73. The fourth-order valence-electron chi connectivity index (χ4n) is 1.82. The summed E-state index contributed by atoms with van der Waals surface area (Å²) in [6.07, 6.45) is 7.88. The van der Waals surface area contributed by atoms with Gasteiger partial charge in [-0.25, -0.2) is 9.55 Å². The quantitative estimate of drug-likeness (QED) is 0.567. The first-order valence-corrected chi connectivity index (χ1v) is 6.97. The van der Waals surface area contributed by atoms with Crippen LogP contribution in [-0.4, -0.2) is 10.9 Å². The van der Waals surface area contributed by atoms with Crippen molar-refractivity contribution in [1.29, 1.82) is 0 Å². The van der Waals surface area contributed by atoms with Gasteiger partial charge in [0.25, 0.3) is 0 Å². The Bertz CT molecular complexity index is 549. The van der Waals surface area contributed by atoms with Gasteiger partial charge in [-0.2, -0.15) is 0 Å². The van der Waals surface area contributed by atoms with Crippen LogP contribution in [0.25, 0.3) is 0 Å². The van der Waals surface area contributed by atoms with Gasteiger partial charge < -0.3 is 22.3 Å². The van der Waals surface area contributed by atoms with Crippen molar-refractivity contribution >= 4 is 23.3 Å². The van der Waals surface area contributed by atoms with Crippen LogP contribution >= 0.6 is 11.6 Å². The molecule has 2 aromatic heterocycles. The summed E-state index contributed by atoms with van der Waals surface area (Å²) in [5, 5.41) is 3.31. The minimum Gasteiger partial charge on any atom is -1.00 e. The summed E-state index contributed by atoms with van der Waals surface area (Å²) in [6.45, 7) is 0.924. The molecule has 0 unspecified atom stereocenters. The molecule has 1 N–H and O–H groups in total. The molecule has 0 aromatic carbocycles. The van der Waals surface area contributed by atoms with Crippen LogP contribution in [0.2, 0.25) is 5.02 Å². The highest BCUT2D eigenvalue weighted by Crippen LogP contribution is 2.10. The van der Waals surface area contributed by atoms with Crippen molar-refractivity contribution in [3.05, 3.63) is 53.9 Å². The van der Waals surface area contributed by atoms with Crippen molar-refractivity contribution < 1.29 is 26.3 Å². The van der Waals surface area contributed by atoms with Gasteiger partial charge in [0.15, 0.2) is 12.4 Å². The third-order valence-corrected chi connectivity index (χ3v) is 3.07. The number of aryl methyl sites for hydroxylation is 1. The zero-order chi connectivity index (χ0) is 14.2. The molecule has 0 saturated heterocycles. The predicted molar refractivity (Wildman–Crippen MR) is 78.4 cm³/mol. The summed E-state index contributed by atoms with van der Waals surface area (Å²) in [5.41, 5.74) is 0. The SMILES string of the molecule is O=C(CCCC[n+]1ccccc1)Nc1ccc(Cl)cn1.[Br-]. The van der Waals surface area contributed by atoms with Crippen LogP contribution in [0.3, 0.4) is 0 Å². The number of carbonyl (C=O) groups is 1. The highest BCUT2D eigenvalue weighted by Gasteiger charge is 2.04. The standard InChI is InChI=1S/C15H16ClN3O.BrH/c16-13-7-8-14(17-12-13)18-15(20)6-2-5-11-19-9-3-1-4-10-19;/h1,3-4,7-10,12H,2,5-6,11H2;1H. The lowest BCUT2D eigenvalue weighted by Crippen LogP contribution is -3.00. The normalized spacial score (nSPS) is 9.76. The molecule has 0 radical (unpaired) electrons. The van der Waals surface area contributed by atoms with Crippen molar-refractivity contribution in [2.45, 2.75) is 25.8 Å². The third kappa shape index (κ3) is 6.69. The van der Waals surface area contributed by atoms with E-state index in [1.54, 1.807) is 12.1 Å². The van der Waals surface area contributed by atoms with E-state index in [2.05, 4.69) is 14.9 Å². The molecule has 1 amide bonds. The van der Waals surface area contributed by atoms with Crippen LogP contribution in [0.4, 0.5) is 5.82 Å². The maximum absolute atomic E-state index is 11.7. The fourth-order valence-corrected chi connectivity index (χ4v) is 1.93.